The lowest BCUT2D eigenvalue weighted by Gasteiger charge is -2.12. The molecule has 2 rings (SSSR count). The second-order valence-corrected chi connectivity index (χ2v) is 5.98. The number of carbonyl (C=O) groups is 1. The number of halogens is 2. The van der Waals surface area contributed by atoms with E-state index in [1.54, 1.807) is 18.2 Å². The van der Waals surface area contributed by atoms with Gasteiger partial charge in [0.2, 0.25) is 5.91 Å². The van der Waals surface area contributed by atoms with Crippen molar-refractivity contribution in [1.29, 1.82) is 0 Å². The Balaban J connectivity index is 1.94. The first-order valence-corrected chi connectivity index (χ1v) is 7.53. The number of aliphatic hydroxyl groups is 1. The normalized spacial score (nSPS) is 12.2. The first-order chi connectivity index (χ1) is 10.4. The van der Waals surface area contributed by atoms with Crippen LogP contribution in [0.1, 0.15) is 35.0 Å². The van der Waals surface area contributed by atoms with Gasteiger partial charge in [0.05, 0.1) is 18.2 Å². The van der Waals surface area contributed by atoms with E-state index in [4.69, 9.17) is 23.2 Å². The summed E-state index contributed by atoms with van der Waals surface area (Å²) in [6, 6.07) is 4.76. The molecule has 1 amide bonds. The summed E-state index contributed by atoms with van der Waals surface area (Å²) in [5.74, 6) is -0.261. The Hall–Kier alpha value is -1.56. The van der Waals surface area contributed by atoms with Crippen LogP contribution in [0.15, 0.2) is 18.2 Å². The maximum Gasteiger partial charge on any atom is 0.223 e. The number of nitrogens with zero attached hydrogens (tertiary/aromatic N) is 1. The van der Waals surface area contributed by atoms with Crippen LogP contribution in [0.4, 0.5) is 0 Å². The molecule has 0 aliphatic carbocycles. The van der Waals surface area contributed by atoms with E-state index in [0.717, 1.165) is 17.0 Å². The van der Waals surface area contributed by atoms with Crippen molar-refractivity contribution in [2.24, 2.45) is 0 Å². The summed E-state index contributed by atoms with van der Waals surface area (Å²) in [5.41, 5.74) is 3.23. The van der Waals surface area contributed by atoms with Gasteiger partial charge in [-0.25, -0.2) is 0 Å². The predicted molar refractivity (Wildman–Crippen MR) is 85.9 cm³/mol. The molecular formula is C15H17Cl2N3O2. The molecule has 7 heteroatoms. The number of rotatable bonds is 5. The topological polar surface area (TPSA) is 78.0 Å². The minimum Gasteiger partial charge on any atom is -0.388 e. The molecule has 1 aromatic heterocycles. The molecule has 1 heterocycles. The van der Waals surface area contributed by atoms with Crippen LogP contribution in [-0.2, 0) is 11.3 Å². The highest BCUT2D eigenvalue weighted by atomic mass is 35.5. The first-order valence-electron chi connectivity index (χ1n) is 6.78. The number of aryl methyl sites for hydroxylation is 2. The maximum absolute atomic E-state index is 11.9. The highest BCUT2D eigenvalue weighted by Gasteiger charge is 2.15. The third kappa shape index (κ3) is 4.22. The van der Waals surface area contributed by atoms with Gasteiger partial charge in [0.1, 0.15) is 0 Å². The van der Waals surface area contributed by atoms with Gasteiger partial charge in [-0.3, -0.25) is 9.89 Å². The van der Waals surface area contributed by atoms with Crippen LogP contribution in [0.25, 0.3) is 0 Å². The Morgan fingerprint density at radius 1 is 1.32 bits per heavy atom. The molecule has 118 valence electrons. The van der Waals surface area contributed by atoms with Gasteiger partial charge in [0.15, 0.2) is 0 Å². The summed E-state index contributed by atoms with van der Waals surface area (Å²) in [4.78, 5) is 11.9. The third-order valence-corrected chi connectivity index (χ3v) is 3.83. The molecule has 5 nitrogen and oxygen atoms in total. The SMILES string of the molecule is Cc1n[nH]c(C)c1CNC(=O)CC(O)c1cc(Cl)cc(Cl)c1. The van der Waals surface area contributed by atoms with Crippen LogP contribution in [0.5, 0.6) is 0 Å². The van der Waals surface area contributed by atoms with E-state index in [1.807, 2.05) is 13.8 Å². The van der Waals surface area contributed by atoms with E-state index in [9.17, 15) is 9.90 Å². The van der Waals surface area contributed by atoms with Crippen molar-refractivity contribution in [1.82, 2.24) is 15.5 Å². The molecule has 0 bridgehead atoms. The number of H-pyrrole nitrogens is 1. The van der Waals surface area contributed by atoms with Crippen LogP contribution < -0.4 is 5.32 Å². The Morgan fingerprint density at radius 3 is 2.50 bits per heavy atom. The lowest BCUT2D eigenvalue weighted by atomic mass is 10.1. The molecule has 0 saturated carbocycles. The predicted octanol–water partition coefficient (Wildman–Crippen LogP) is 3.07. The van der Waals surface area contributed by atoms with Crippen molar-refractivity contribution in [3.8, 4) is 0 Å². The second kappa shape index (κ2) is 7.13. The smallest absolute Gasteiger partial charge is 0.223 e. The van der Waals surface area contributed by atoms with Gasteiger partial charge >= 0.3 is 0 Å². The van der Waals surface area contributed by atoms with Gasteiger partial charge in [-0.15, -0.1) is 0 Å². The lowest BCUT2D eigenvalue weighted by Crippen LogP contribution is -2.25. The Bertz CT molecular complexity index is 646. The number of carbonyl (C=O) groups excluding carboxylic acids is 1. The quantitative estimate of drug-likeness (QED) is 0.781. The number of hydrogen-bond acceptors (Lipinski definition) is 3. The Labute approximate surface area is 138 Å². The highest BCUT2D eigenvalue weighted by molar-refractivity contribution is 6.34. The van der Waals surface area contributed by atoms with Gasteiger partial charge in [0.25, 0.3) is 0 Å². The van der Waals surface area contributed by atoms with E-state index < -0.39 is 6.10 Å². The van der Waals surface area contributed by atoms with Crippen molar-refractivity contribution in [3.63, 3.8) is 0 Å². The molecule has 3 N–H and O–H groups in total. The fourth-order valence-electron chi connectivity index (χ4n) is 2.15. The van der Waals surface area contributed by atoms with E-state index in [0.29, 0.717) is 22.2 Å². The maximum atomic E-state index is 11.9. The van der Waals surface area contributed by atoms with E-state index >= 15 is 0 Å². The summed E-state index contributed by atoms with van der Waals surface area (Å²) in [7, 11) is 0. The minimum atomic E-state index is -0.956. The third-order valence-electron chi connectivity index (χ3n) is 3.39. The van der Waals surface area contributed by atoms with Gasteiger partial charge in [-0.05, 0) is 37.6 Å². The largest absolute Gasteiger partial charge is 0.388 e. The molecule has 0 aliphatic rings. The zero-order chi connectivity index (χ0) is 16.3. The van der Waals surface area contributed by atoms with Crippen LogP contribution in [0, 0.1) is 13.8 Å². The molecule has 1 atom stereocenters. The number of amides is 1. The molecule has 1 aromatic carbocycles. The minimum absolute atomic E-state index is 0.0629. The Morgan fingerprint density at radius 2 is 1.95 bits per heavy atom. The van der Waals surface area contributed by atoms with Gasteiger partial charge in [0, 0.05) is 27.8 Å². The lowest BCUT2D eigenvalue weighted by molar-refractivity contribution is -0.123. The molecule has 0 fully saturated rings. The fraction of sp³-hybridized carbons (Fsp3) is 0.333. The summed E-state index contributed by atoms with van der Waals surface area (Å²) in [6.45, 7) is 4.13. The zero-order valence-corrected chi connectivity index (χ0v) is 13.8. The molecule has 22 heavy (non-hydrogen) atoms. The average Bonchev–Trinajstić information content (AvgIpc) is 2.74. The molecule has 0 radical (unpaired) electrons. The Kier molecular flexibility index (Phi) is 5.45. The van der Waals surface area contributed by atoms with Crippen molar-refractivity contribution in [2.45, 2.75) is 32.9 Å². The van der Waals surface area contributed by atoms with Crippen LogP contribution in [0.3, 0.4) is 0 Å². The van der Waals surface area contributed by atoms with Crippen molar-refractivity contribution < 1.29 is 9.90 Å². The number of aromatic amines is 1. The summed E-state index contributed by atoms with van der Waals surface area (Å²) >= 11 is 11.8. The summed E-state index contributed by atoms with van der Waals surface area (Å²) in [5, 5.41) is 20.7. The van der Waals surface area contributed by atoms with E-state index in [1.165, 1.54) is 0 Å². The number of benzene rings is 1. The van der Waals surface area contributed by atoms with Crippen LogP contribution >= 0.6 is 23.2 Å². The van der Waals surface area contributed by atoms with E-state index in [-0.39, 0.29) is 12.3 Å². The van der Waals surface area contributed by atoms with Gasteiger partial charge < -0.3 is 10.4 Å². The first kappa shape index (κ1) is 16.8. The molecule has 1 unspecified atom stereocenters. The second-order valence-electron chi connectivity index (χ2n) is 5.11. The number of nitrogens with one attached hydrogen (secondary N) is 2. The van der Waals surface area contributed by atoms with Crippen LogP contribution in [-0.4, -0.2) is 21.2 Å². The molecule has 0 aliphatic heterocycles. The highest BCUT2D eigenvalue weighted by Crippen LogP contribution is 2.25. The van der Waals surface area contributed by atoms with Crippen molar-refractivity contribution in [3.05, 3.63) is 50.8 Å². The molecular weight excluding hydrogens is 325 g/mol. The monoisotopic (exact) mass is 341 g/mol. The standard InChI is InChI=1S/C15H17Cl2N3O2/c1-8-13(9(2)20-19-8)7-18-15(22)6-14(21)10-3-11(16)5-12(17)4-10/h3-5,14,21H,6-7H2,1-2H3,(H,18,22)(H,19,20). The number of aromatic nitrogens is 2. The number of hydrogen-bond donors (Lipinski definition) is 3. The fourth-order valence-corrected chi connectivity index (χ4v) is 2.70. The van der Waals surface area contributed by atoms with Gasteiger partial charge in [-0.2, -0.15) is 5.10 Å². The molecule has 2 aromatic rings. The van der Waals surface area contributed by atoms with Crippen molar-refractivity contribution >= 4 is 29.1 Å². The van der Waals surface area contributed by atoms with Crippen LogP contribution in [0.2, 0.25) is 10.0 Å². The number of aliphatic hydroxyl groups excluding tert-OH is 1. The van der Waals surface area contributed by atoms with Crippen molar-refractivity contribution in [2.75, 3.05) is 0 Å². The summed E-state index contributed by atoms with van der Waals surface area (Å²) in [6.07, 6.45) is -1.02. The van der Waals surface area contributed by atoms with Gasteiger partial charge in [-0.1, -0.05) is 23.2 Å². The molecule has 0 saturated heterocycles. The zero-order valence-electron chi connectivity index (χ0n) is 12.3. The molecule has 0 spiro atoms. The van der Waals surface area contributed by atoms with E-state index in [2.05, 4.69) is 15.5 Å². The summed E-state index contributed by atoms with van der Waals surface area (Å²) < 4.78 is 0. The average molecular weight is 342 g/mol.